The van der Waals surface area contributed by atoms with Gasteiger partial charge in [-0.25, -0.2) is 4.39 Å². The van der Waals surface area contributed by atoms with Crippen molar-refractivity contribution in [2.45, 2.75) is 96.8 Å². The molecule has 0 unspecified atom stereocenters. The fourth-order valence-corrected chi connectivity index (χ4v) is 6.06. The van der Waals surface area contributed by atoms with Crippen LogP contribution in [0.25, 0.3) is 10.8 Å². The molecule has 0 N–H and O–H groups in total. The second-order valence-corrected chi connectivity index (χ2v) is 9.97. The van der Waals surface area contributed by atoms with Crippen LogP contribution in [0.5, 0.6) is 0 Å². The van der Waals surface area contributed by atoms with E-state index in [-0.39, 0.29) is 5.82 Å². The van der Waals surface area contributed by atoms with Crippen molar-refractivity contribution in [2.24, 2.45) is 17.8 Å². The van der Waals surface area contributed by atoms with Gasteiger partial charge in [0.1, 0.15) is 5.82 Å². The van der Waals surface area contributed by atoms with E-state index in [0.717, 1.165) is 40.5 Å². The topological polar surface area (TPSA) is 0 Å². The van der Waals surface area contributed by atoms with Crippen LogP contribution in [-0.4, -0.2) is 0 Å². The first kappa shape index (κ1) is 20.9. The molecule has 1 heteroatoms. The predicted octanol–water partition coefficient (Wildman–Crippen LogP) is 8.81. The van der Waals surface area contributed by atoms with Crippen molar-refractivity contribution in [3.63, 3.8) is 0 Å². The molecule has 0 heterocycles. The molecule has 158 valence electrons. The lowest BCUT2D eigenvalue weighted by atomic mass is 9.74. The molecule has 29 heavy (non-hydrogen) atoms. The van der Waals surface area contributed by atoms with E-state index in [4.69, 9.17) is 0 Å². The SMILES string of the molecule is CCc1ccc2c(F)c(C3CCC(CCC4CCC(CC)CC4)CC3)ccc2c1. The summed E-state index contributed by atoms with van der Waals surface area (Å²) in [5, 5.41) is 1.86. The Hall–Kier alpha value is -1.37. The van der Waals surface area contributed by atoms with Gasteiger partial charge in [-0.3, -0.25) is 0 Å². The smallest absolute Gasteiger partial charge is 0.134 e. The van der Waals surface area contributed by atoms with Crippen LogP contribution in [0.3, 0.4) is 0 Å². The maximum Gasteiger partial charge on any atom is 0.134 e. The van der Waals surface area contributed by atoms with Gasteiger partial charge in [0.15, 0.2) is 0 Å². The first-order chi connectivity index (χ1) is 14.2. The van der Waals surface area contributed by atoms with E-state index in [1.54, 1.807) is 0 Å². The Balaban J connectivity index is 1.31. The fraction of sp³-hybridized carbons (Fsp3) is 0.643. The van der Waals surface area contributed by atoms with E-state index in [2.05, 4.69) is 38.1 Å². The van der Waals surface area contributed by atoms with Crippen LogP contribution in [-0.2, 0) is 6.42 Å². The number of halogens is 1. The average molecular weight is 395 g/mol. The van der Waals surface area contributed by atoms with Gasteiger partial charge in [0.05, 0.1) is 0 Å². The zero-order valence-corrected chi connectivity index (χ0v) is 18.6. The van der Waals surface area contributed by atoms with Gasteiger partial charge in [-0.05, 0) is 72.3 Å². The minimum absolute atomic E-state index is 0.0429. The van der Waals surface area contributed by atoms with Crippen molar-refractivity contribution in [1.29, 1.82) is 0 Å². The molecule has 2 aromatic rings. The standard InChI is InChI=1S/C28H39F/c1-3-20-5-7-22(8-6-20)9-10-23-11-14-24(15-12-23)26-18-16-25-19-21(4-2)13-17-27(25)28(26)29/h13,16-20,22-24H,3-12,14-15H2,1-2H3. The maximum atomic E-state index is 15.2. The summed E-state index contributed by atoms with van der Waals surface area (Å²) in [5.41, 5.74) is 2.26. The van der Waals surface area contributed by atoms with E-state index < -0.39 is 0 Å². The number of aryl methyl sites for hydroxylation is 1. The molecule has 0 spiro atoms. The first-order valence-corrected chi connectivity index (χ1v) is 12.4. The summed E-state index contributed by atoms with van der Waals surface area (Å²) in [6.45, 7) is 4.50. The van der Waals surface area contributed by atoms with Gasteiger partial charge in [0.25, 0.3) is 0 Å². The lowest BCUT2D eigenvalue weighted by Crippen LogP contribution is -2.18. The van der Waals surface area contributed by atoms with E-state index in [1.807, 2.05) is 6.07 Å². The third-order valence-electron chi connectivity index (χ3n) is 8.27. The lowest BCUT2D eigenvalue weighted by molar-refractivity contribution is 0.227. The Morgan fingerprint density at radius 2 is 1.38 bits per heavy atom. The summed E-state index contributed by atoms with van der Waals surface area (Å²) >= 11 is 0. The van der Waals surface area contributed by atoms with Gasteiger partial charge < -0.3 is 0 Å². The van der Waals surface area contributed by atoms with Crippen LogP contribution < -0.4 is 0 Å². The highest BCUT2D eigenvalue weighted by molar-refractivity contribution is 5.84. The Kier molecular flexibility index (Phi) is 6.93. The molecule has 2 fully saturated rings. The molecule has 0 aromatic heterocycles. The third-order valence-corrected chi connectivity index (χ3v) is 8.27. The molecule has 0 aliphatic heterocycles. The normalized spacial score (nSPS) is 28.0. The maximum absolute atomic E-state index is 15.2. The Bertz CT molecular complexity index is 791. The zero-order valence-electron chi connectivity index (χ0n) is 18.6. The van der Waals surface area contributed by atoms with Gasteiger partial charge in [-0.2, -0.15) is 0 Å². The summed E-state index contributed by atoms with van der Waals surface area (Å²) in [6.07, 6.45) is 16.0. The van der Waals surface area contributed by atoms with Gasteiger partial charge >= 0.3 is 0 Å². The molecule has 0 nitrogen and oxygen atoms in total. The number of rotatable bonds is 6. The lowest BCUT2D eigenvalue weighted by Gasteiger charge is -2.32. The second kappa shape index (κ2) is 9.63. The van der Waals surface area contributed by atoms with Crippen molar-refractivity contribution in [3.8, 4) is 0 Å². The fourth-order valence-electron chi connectivity index (χ4n) is 6.06. The van der Waals surface area contributed by atoms with Crippen LogP contribution in [0.4, 0.5) is 4.39 Å². The van der Waals surface area contributed by atoms with Crippen molar-refractivity contribution in [2.75, 3.05) is 0 Å². The molecule has 0 atom stereocenters. The van der Waals surface area contributed by atoms with Crippen LogP contribution in [0.2, 0.25) is 0 Å². The van der Waals surface area contributed by atoms with Crippen molar-refractivity contribution >= 4 is 10.8 Å². The van der Waals surface area contributed by atoms with Crippen molar-refractivity contribution in [3.05, 3.63) is 47.3 Å². The number of benzene rings is 2. The van der Waals surface area contributed by atoms with Crippen LogP contribution >= 0.6 is 0 Å². The summed E-state index contributed by atoms with van der Waals surface area (Å²) < 4.78 is 15.2. The van der Waals surface area contributed by atoms with Gasteiger partial charge in [0.2, 0.25) is 0 Å². The average Bonchev–Trinajstić information content (AvgIpc) is 2.78. The molecule has 0 bridgehead atoms. The van der Waals surface area contributed by atoms with Gasteiger partial charge in [-0.1, -0.05) is 89.1 Å². The highest BCUT2D eigenvalue weighted by Crippen LogP contribution is 2.41. The quantitative estimate of drug-likeness (QED) is 0.459. The Morgan fingerprint density at radius 1 is 0.759 bits per heavy atom. The van der Waals surface area contributed by atoms with E-state index >= 15 is 4.39 Å². The van der Waals surface area contributed by atoms with E-state index in [1.165, 1.54) is 76.2 Å². The molecule has 2 aromatic carbocycles. The Morgan fingerprint density at radius 3 is 2.00 bits per heavy atom. The van der Waals surface area contributed by atoms with Crippen LogP contribution in [0.1, 0.15) is 102 Å². The number of hydrogen-bond acceptors (Lipinski definition) is 0. The molecule has 0 amide bonds. The summed E-state index contributed by atoms with van der Waals surface area (Å²) in [6, 6.07) is 10.4. The summed E-state index contributed by atoms with van der Waals surface area (Å²) in [7, 11) is 0. The molecule has 0 radical (unpaired) electrons. The van der Waals surface area contributed by atoms with Crippen molar-refractivity contribution in [1.82, 2.24) is 0 Å². The van der Waals surface area contributed by atoms with Gasteiger partial charge in [0, 0.05) is 5.39 Å². The molecular formula is C28H39F. The van der Waals surface area contributed by atoms with Crippen molar-refractivity contribution < 1.29 is 4.39 Å². The monoisotopic (exact) mass is 394 g/mol. The molecule has 2 saturated carbocycles. The molecule has 2 aliphatic carbocycles. The molecule has 2 aliphatic rings. The number of fused-ring (bicyclic) bond motifs is 1. The highest BCUT2D eigenvalue weighted by Gasteiger charge is 2.26. The second-order valence-electron chi connectivity index (χ2n) is 9.97. The summed E-state index contributed by atoms with van der Waals surface area (Å²) in [5.74, 6) is 3.34. The third kappa shape index (κ3) is 4.86. The highest BCUT2D eigenvalue weighted by atomic mass is 19.1. The van der Waals surface area contributed by atoms with Crippen LogP contribution in [0, 0.1) is 23.6 Å². The predicted molar refractivity (Wildman–Crippen MR) is 123 cm³/mol. The summed E-state index contributed by atoms with van der Waals surface area (Å²) in [4.78, 5) is 0. The van der Waals surface area contributed by atoms with E-state index in [9.17, 15) is 0 Å². The molecular weight excluding hydrogens is 355 g/mol. The minimum Gasteiger partial charge on any atom is -0.206 e. The first-order valence-electron chi connectivity index (χ1n) is 12.4. The minimum atomic E-state index is 0.0429. The van der Waals surface area contributed by atoms with E-state index in [0.29, 0.717) is 5.92 Å². The largest absolute Gasteiger partial charge is 0.206 e. The van der Waals surface area contributed by atoms with Crippen LogP contribution in [0.15, 0.2) is 30.3 Å². The zero-order chi connectivity index (χ0) is 20.2. The molecule has 4 rings (SSSR count). The Labute approximate surface area is 177 Å². The van der Waals surface area contributed by atoms with Gasteiger partial charge in [-0.15, -0.1) is 0 Å². The molecule has 0 saturated heterocycles. The number of hydrogen-bond donors (Lipinski definition) is 0.